The van der Waals surface area contributed by atoms with E-state index in [-0.39, 0.29) is 0 Å². The largest absolute Gasteiger partial charge is 0.316 e. The third-order valence-electron chi connectivity index (χ3n) is 3.35. The summed E-state index contributed by atoms with van der Waals surface area (Å²) in [5.41, 5.74) is 1.27. The number of nitrogens with zero attached hydrogens (tertiary/aromatic N) is 2. The first-order valence-corrected chi connectivity index (χ1v) is 5.97. The minimum absolute atomic E-state index is 0.539. The molecule has 2 aliphatic rings. The van der Waals surface area contributed by atoms with Crippen molar-refractivity contribution in [3.05, 3.63) is 23.8 Å². The Hall–Kier alpha value is -0.960. The van der Waals surface area contributed by atoms with Crippen molar-refractivity contribution in [1.82, 2.24) is 15.3 Å². The zero-order chi connectivity index (χ0) is 10.1. The van der Waals surface area contributed by atoms with Gasteiger partial charge >= 0.3 is 0 Å². The van der Waals surface area contributed by atoms with E-state index >= 15 is 0 Å². The summed E-state index contributed by atoms with van der Waals surface area (Å²) in [6, 6.07) is 2.08. The molecule has 80 valence electrons. The van der Waals surface area contributed by atoms with Gasteiger partial charge in [0.05, 0.1) is 0 Å². The third-order valence-corrected chi connectivity index (χ3v) is 3.35. The fourth-order valence-corrected chi connectivity index (χ4v) is 2.26. The van der Waals surface area contributed by atoms with E-state index in [0.717, 1.165) is 24.8 Å². The number of nitrogens with one attached hydrogen (secondary N) is 1. The van der Waals surface area contributed by atoms with Gasteiger partial charge in [-0.25, -0.2) is 9.97 Å². The van der Waals surface area contributed by atoms with Gasteiger partial charge in [0.25, 0.3) is 0 Å². The molecule has 1 saturated heterocycles. The molecule has 1 N–H and O–H groups in total. The first kappa shape index (κ1) is 9.28. The van der Waals surface area contributed by atoms with Gasteiger partial charge in [-0.15, -0.1) is 0 Å². The van der Waals surface area contributed by atoms with Gasteiger partial charge in [-0.3, -0.25) is 0 Å². The summed E-state index contributed by atoms with van der Waals surface area (Å²) in [4.78, 5) is 9.13. The van der Waals surface area contributed by atoms with E-state index in [2.05, 4.69) is 16.4 Å². The number of piperidine rings is 1. The van der Waals surface area contributed by atoms with E-state index in [4.69, 9.17) is 4.98 Å². The first-order valence-electron chi connectivity index (χ1n) is 5.97. The summed E-state index contributed by atoms with van der Waals surface area (Å²) in [5.74, 6) is 2.34. The smallest absolute Gasteiger partial charge is 0.132 e. The quantitative estimate of drug-likeness (QED) is 0.796. The maximum Gasteiger partial charge on any atom is 0.132 e. The Morgan fingerprint density at radius 2 is 2.13 bits per heavy atom. The molecule has 3 rings (SSSR count). The molecule has 15 heavy (non-hydrogen) atoms. The van der Waals surface area contributed by atoms with Gasteiger partial charge in [0.1, 0.15) is 5.82 Å². The van der Waals surface area contributed by atoms with Crippen molar-refractivity contribution in [2.45, 2.75) is 37.5 Å². The molecule has 0 spiro atoms. The summed E-state index contributed by atoms with van der Waals surface area (Å²) in [6.45, 7) is 2.20. The summed E-state index contributed by atoms with van der Waals surface area (Å²) < 4.78 is 0. The Bertz CT molecular complexity index is 340. The molecule has 1 saturated carbocycles. The second-order valence-corrected chi connectivity index (χ2v) is 4.66. The highest BCUT2D eigenvalue weighted by molar-refractivity contribution is 5.15. The van der Waals surface area contributed by atoms with Crippen LogP contribution in [0.2, 0.25) is 0 Å². The first-order chi connectivity index (χ1) is 7.43. The summed E-state index contributed by atoms with van der Waals surface area (Å²) in [5, 5.41) is 3.42. The Morgan fingerprint density at radius 3 is 2.87 bits per heavy atom. The van der Waals surface area contributed by atoms with Crippen molar-refractivity contribution in [2.75, 3.05) is 13.1 Å². The highest BCUT2D eigenvalue weighted by Gasteiger charge is 2.26. The van der Waals surface area contributed by atoms with Gasteiger partial charge in [0, 0.05) is 30.3 Å². The highest BCUT2D eigenvalue weighted by Crippen LogP contribution is 2.39. The lowest BCUT2D eigenvalue weighted by molar-refractivity contribution is 0.445. The third kappa shape index (κ3) is 2.02. The van der Waals surface area contributed by atoms with E-state index in [1.54, 1.807) is 0 Å². The van der Waals surface area contributed by atoms with Crippen LogP contribution in [0.4, 0.5) is 0 Å². The van der Waals surface area contributed by atoms with Gasteiger partial charge in [0.2, 0.25) is 0 Å². The molecule has 1 atom stereocenters. The Labute approximate surface area is 90.3 Å². The van der Waals surface area contributed by atoms with Crippen LogP contribution in [0.25, 0.3) is 0 Å². The summed E-state index contributed by atoms with van der Waals surface area (Å²) >= 11 is 0. The Kier molecular flexibility index (Phi) is 2.41. The van der Waals surface area contributed by atoms with Crippen LogP contribution in [0, 0.1) is 0 Å². The molecule has 0 radical (unpaired) electrons. The van der Waals surface area contributed by atoms with Gasteiger partial charge in [-0.1, -0.05) is 0 Å². The predicted octanol–water partition coefficient (Wildman–Crippen LogP) is 1.82. The van der Waals surface area contributed by atoms with Crippen molar-refractivity contribution in [3.63, 3.8) is 0 Å². The summed E-state index contributed by atoms with van der Waals surface area (Å²) in [6.07, 6.45) is 7.06. The van der Waals surface area contributed by atoms with Crippen LogP contribution in [0.3, 0.4) is 0 Å². The van der Waals surface area contributed by atoms with Crippen LogP contribution >= 0.6 is 0 Å². The standard InChI is InChI=1S/C12H17N3/c1-2-10(8-13-6-1)12-14-7-5-11(15-12)9-3-4-9/h5,7,9-10,13H,1-4,6,8H2. The number of rotatable bonds is 2. The van der Waals surface area contributed by atoms with E-state index in [1.165, 1.54) is 31.4 Å². The van der Waals surface area contributed by atoms with Crippen molar-refractivity contribution in [3.8, 4) is 0 Å². The van der Waals surface area contributed by atoms with Gasteiger partial charge in [-0.2, -0.15) is 0 Å². The maximum atomic E-state index is 4.71. The molecular formula is C12H17N3. The highest BCUT2D eigenvalue weighted by atomic mass is 14.9. The zero-order valence-electron chi connectivity index (χ0n) is 8.95. The fraction of sp³-hybridized carbons (Fsp3) is 0.667. The summed E-state index contributed by atoms with van der Waals surface area (Å²) in [7, 11) is 0. The van der Waals surface area contributed by atoms with Crippen LogP contribution in [0.5, 0.6) is 0 Å². The molecule has 1 aromatic heterocycles. The van der Waals surface area contributed by atoms with E-state index < -0.39 is 0 Å². The normalized spacial score (nSPS) is 26.5. The molecule has 0 aromatic carbocycles. The lowest BCUT2D eigenvalue weighted by atomic mass is 9.99. The minimum Gasteiger partial charge on any atom is -0.316 e. The second-order valence-electron chi connectivity index (χ2n) is 4.66. The molecule has 2 heterocycles. The Morgan fingerprint density at radius 1 is 1.20 bits per heavy atom. The minimum atomic E-state index is 0.539. The number of hydrogen-bond donors (Lipinski definition) is 1. The molecule has 0 amide bonds. The van der Waals surface area contributed by atoms with Crippen LogP contribution in [0.1, 0.15) is 49.0 Å². The van der Waals surface area contributed by atoms with Crippen molar-refractivity contribution >= 4 is 0 Å². The number of hydrogen-bond acceptors (Lipinski definition) is 3. The lowest BCUT2D eigenvalue weighted by Crippen LogP contribution is -2.29. The Balaban J connectivity index is 1.80. The van der Waals surface area contributed by atoms with Crippen LogP contribution in [0.15, 0.2) is 12.3 Å². The molecule has 3 nitrogen and oxygen atoms in total. The number of aromatic nitrogens is 2. The topological polar surface area (TPSA) is 37.8 Å². The maximum absolute atomic E-state index is 4.71. The van der Waals surface area contributed by atoms with Crippen LogP contribution < -0.4 is 5.32 Å². The molecule has 1 aliphatic heterocycles. The molecule has 1 aliphatic carbocycles. The molecule has 3 heteroatoms. The lowest BCUT2D eigenvalue weighted by Gasteiger charge is -2.21. The molecule has 1 unspecified atom stereocenters. The van der Waals surface area contributed by atoms with E-state index in [9.17, 15) is 0 Å². The zero-order valence-corrected chi connectivity index (χ0v) is 8.95. The predicted molar refractivity (Wildman–Crippen MR) is 58.9 cm³/mol. The molecule has 0 bridgehead atoms. The molecular weight excluding hydrogens is 186 g/mol. The van der Waals surface area contributed by atoms with Crippen LogP contribution in [-0.4, -0.2) is 23.1 Å². The van der Waals surface area contributed by atoms with Gasteiger partial charge in [-0.05, 0) is 38.3 Å². The SMILES string of the molecule is c1cc(C2CC2)nc(C2CCCNC2)n1. The fourth-order valence-electron chi connectivity index (χ4n) is 2.26. The molecule has 2 fully saturated rings. The van der Waals surface area contributed by atoms with Crippen molar-refractivity contribution < 1.29 is 0 Å². The monoisotopic (exact) mass is 203 g/mol. The van der Waals surface area contributed by atoms with Gasteiger partial charge in [0.15, 0.2) is 0 Å². The van der Waals surface area contributed by atoms with E-state index in [1.807, 2.05) is 6.20 Å². The van der Waals surface area contributed by atoms with Crippen LogP contribution in [-0.2, 0) is 0 Å². The molecule has 1 aromatic rings. The average molecular weight is 203 g/mol. The van der Waals surface area contributed by atoms with Crippen molar-refractivity contribution in [1.29, 1.82) is 0 Å². The van der Waals surface area contributed by atoms with Gasteiger partial charge < -0.3 is 5.32 Å². The second kappa shape index (κ2) is 3.89. The average Bonchev–Trinajstić information content (AvgIpc) is 3.14. The van der Waals surface area contributed by atoms with E-state index in [0.29, 0.717) is 5.92 Å². The van der Waals surface area contributed by atoms with Crippen molar-refractivity contribution in [2.24, 2.45) is 0 Å².